The Balaban J connectivity index is 1.99. The average molecular weight is 398 g/mol. The smallest absolute Gasteiger partial charge is 0.289 e. The zero-order valence-corrected chi connectivity index (χ0v) is 16.4. The van der Waals surface area contributed by atoms with Crippen molar-refractivity contribution in [2.45, 2.75) is 37.6 Å². The number of nitro benzene ring substituents is 1. The van der Waals surface area contributed by atoms with E-state index < -0.39 is 20.6 Å². The molecule has 0 aromatic heterocycles. The van der Waals surface area contributed by atoms with Crippen LogP contribution < -0.4 is 5.32 Å². The lowest BCUT2D eigenvalue weighted by Gasteiger charge is -2.33. The summed E-state index contributed by atoms with van der Waals surface area (Å²) < 4.78 is 26.8. The molecule has 1 aromatic carbocycles. The number of nitro groups is 1. The van der Waals surface area contributed by atoms with Gasteiger partial charge in [-0.1, -0.05) is 26.0 Å². The Morgan fingerprint density at radius 2 is 1.78 bits per heavy atom. The standard InChI is InChI=1S/C17H26N4O5S/c1-3-14(4-2)18-17(22)13-19-9-11-20(12-10-19)27(25,26)16-8-6-5-7-15(16)21(23)24/h5-8,14H,3-4,9-13H2,1-2H3,(H,18,22). The first-order valence-corrected chi connectivity index (χ1v) is 10.5. The summed E-state index contributed by atoms with van der Waals surface area (Å²) in [6, 6.07) is 5.50. The van der Waals surface area contributed by atoms with Crippen LogP contribution in [-0.2, 0) is 14.8 Å². The summed E-state index contributed by atoms with van der Waals surface area (Å²) in [4.78, 5) is 24.1. The third kappa shape index (κ3) is 5.24. The van der Waals surface area contributed by atoms with E-state index in [1.807, 2.05) is 18.7 Å². The fourth-order valence-corrected chi connectivity index (χ4v) is 4.64. The van der Waals surface area contributed by atoms with Gasteiger partial charge in [0.25, 0.3) is 5.69 Å². The second-order valence-electron chi connectivity index (χ2n) is 6.49. The molecule has 10 heteroatoms. The number of nitrogens with zero attached hydrogens (tertiary/aromatic N) is 3. The Bertz CT molecular complexity index is 771. The maximum atomic E-state index is 12.8. The van der Waals surface area contributed by atoms with Gasteiger partial charge >= 0.3 is 0 Å². The average Bonchev–Trinajstić information content (AvgIpc) is 2.66. The van der Waals surface area contributed by atoms with E-state index in [4.69, 9.17) is 0 Å². The van der Waals surface area contributed by atoms with Crippen LogP contribution >= 0.6 is 0 Å². The number of rotatable bonds is 8. The van der Waals surface area contributed by atoms with Crippen molar-refractivity contribution in [2.75, 3.05) is 32.7 Å². The number of piperazine rings is 1. The number of carbonyl (C=O) groups excluding carboxylic acids is 1. The van der Waals surface area contributed by atoms with Gasteiger partial charge in [-0.15, -0.1) is 0 Å². The van der Waals surface area contributed by atoms with Crippen LogP contribution in [0.5, 0.6) is 0 Å². The van der Waals surface area contributed by atoms with Gasteiger partial charge in [-0.05, 0) is 18.9 Å². The Morgan fingerprint density at radius 1 is 1.19 bits per heavy atom. The largest absolute Gasteiger partial charge is 0.352 e. The van der Waals surface area contributed by atoms with Crippen molar-refractivity contribution < 1.29 is 18.1 Å². The zero-order chi connectivity index (χ0) is 20.0. The van der Waals surface area contributed by atoms with Gasteiger partial charge in [0.15, 0.2) is 4.90 Å². The Hall–Kier alpha value is -2.04. The van der Waals surface area contributed by atoms with Crippen LogP contribution in [0.4, 0.5) is 5.69 Å². The molecule has 0 spiro atoms. The van der Waals surface area contributed by atoms with Gasteiger partial charge in [0.1, 0.15) is 0 Å². The third-order valence-electron chi connectivity index (χ3n) is 4.73. The van der Waals surface area contributed by atoms with Gasteiger partial charge in [-0.3, -0.25) is 19.8 Å². The molecule has 2 rings (SSSR count). The molecule has 0 bridgehead atoms. The van der Waals surface area contributed by atoms with E-state index in [9.17, 15) is 23.3 Å². The van der Waals surface area contributed by atoms with Crippen LogP contribution in [0.15, 0.2) is 29.2 Å². The van der Waals surface area contributed by atoms with Crippen molar-refractivity contribution in [1.82, 2.24) is 14.5 Å². The summed E-state index contributed by atoms with van der Waals surface area (Å²) >= 11 is 0. The predicted molar refractivity (Wildman–Crippen MR) is 101 cm³/mol. The van der Waals surface area contributed by atoms with Crippen molar-refractivity contribution in [3.8, 4) is 0 Å². The van der Waals surface area contributed by atoms with Crippen LogP contribution in [0.25, 0.3) is 0 Å². The third-order valence-corrected chi connectivity index (χ3v) is 6.67. The highest BCUT2D eigenvalue weighted by molar-refractivity contribution is 7.89. The maximum Gasteiger partial charge on any atom is 0.289 e. The summed E-state index contributed by atoms with van der Waals surface area (Å²) in [7, 11) is -3.95. The second-order valence-corrected chi connectivity index (χ2v) is 8.39. The van der Waals surface area contributed by atoms with Crippen LogP contribution in [0, 0.1) is 10.1 Å². The summed E-state index contributed by atoms with van der Waals surface area (Å²) in [6.45, 7) is 5.42. The van der Waals surface area contributed by atoms with Crippen LogP contribution in [0.1, 0.15) is 26.7 Å². The maximum absolute atomic E-state index is 12.8. The quantitative estimate of drug-likeness (QED) is 0.520. The topological polar surface area (TPSA) is 113 Å². The van der Waals surface area contributed by atoms with Crippen molar-refractivity contribution in [3.63, 3.8) is 0 Å². The highest BCUT2D eigenvalue weighted by Gasteiger charge is 2.33. The summed E-state index contributed by atoms with van der Waals surface area (Å²) in [5.74, 6) is -0.0706. The molecule has 150 valence electrons. The van der Waals surface area contributed by atoms with E-state index in [1.54, 1.807) is 0 Å². The monoisotopic (exact) mass is 398 g/mol. The number of hydrogen-bond donors (Lipinski definition) is 1. The summed E-state index contributed by atoms with van der Waals surface area (Å²) in [5.41, 5.74) is -0.426. The summed E-state index contributed by atoms with van der Waals surface area (Å²) in [5, 5.41) is 14.1. The van der Waals surface area contributed by atoms with E-state index in [1.165, 1.54) is 28.6 Å². The molecule has 0 atom stereocenters. The number of carbonyl (C=O) groups is 1. The van der Waals surface area contributed by atoms with Crippen molar-refractivity contribution in [3.05, 3.63) is 34.4 Å². The van der Waals surface area contributed by atoms with Gasteiger partial charge in [0, 0.05) is 38.3 Å². The van der Waals surface area contributed by atoms with Gasteiger partial charge in [-0.2, -0.15) is 4.31 Å². The number of amides is 1. The molecule has 27 heavy (non-hydrogen) atoms. The molecule has 9 nitrogen and oxygen atoms in total. The van der Waals surface area contributed by atoms with Gasteiger partial charge in [0.2, 0.25) is 15.9 Å². The molecule has 1 amide bonds. The van der Waals surface area contributed by atoms with E-state index in [0.717, 1.165) is 12.8 Å². The van der Waals surface area contributed by atoms with E-state index in [-0.39, 0.29) is 36.5 Å². The van der Waals surface area contributed by atoms with Crippen LogP contribution in [0.2, 0.25) is 0 Å². The van der Waals surface area contributed by atoms with Crippen molar-refractivity contribution in [1.29, 1.82) is 0 Å². The number of hydrogen-bond acceptors (Lipinski definition) is 6. The first-order chi connectivity index (χ1) is 12.8. The minimum Gasteiger partial charge on any atom is -0.352 e. The summed E-state index contributed by atoms with van der Waals surface area (Å²) in [6.07, 6.45) is 1.73. The highest BCUT2D eigenvalue weighted by Crippen LogP contribution is 2.26. The van der Waals surface area contributed by atoms with Crippen LogP contribution in [-0.4, -0.2) is 67.2 Å². The minimum absolute atomic E-state index is 0.0706. The van der Waals surface area contributed by atoms with Crippen LogP contribution in [0.3, 0.4) is 0 Å². The molecule has 1 saturated heterocycles. The van der Waals surface area contributed by atoms with Gasteiger partial charge in [0.05, 0.1) is 11.5 Å². The van der Waals surface area contributed by atoms with E-state index >= 15 is 0 Å². The molecule has 1 aliphatic rings. The van der Waals surface area contributed by atoms with Gasteiger partial charge < -0.3 is 5.32 Å². The first kappa shape index (κ1) is 21.3. The molecular formula is C17H26N4O5S. The first-order valence-electron chi connectivity index (χ1n) is 9.04. The van der Waals surface area contributed by atoms with Crippen molar-refractivity contribution in [2.24, 2.45) is 0 Å². The fraction of sp³-hybridized carbons (Fsp3) is 0.588. The molecule has 1 fully saturated rings. The molecule has 0 aliphatic carbocycles. The molecule has 0 unspecified atom stereocenters. The fourth-order valence-electron chi connectivity index (χ4n) is 3.06. The molecular weight excluding hydrogens is 372 g/mol. The lowest BCUT2D eigenvalue weighted by atomic mass is 10.2. The lowest BCUT2D eigenvalue weighted by Crippen LogP contribution is -2.51. The number of nitrogens with one attached hydrogen (secondary N) is 1. The van der Waals surface area contributed by atoms with Gasteiger partial charge in [-0.25, -0.2) is 8.42 Å². The number of sulfonamides is 1. The van der Waals surface area contributed by atoms with E-state index in [2.05, 4.69) is 5.32 Å². The van der Waals surface area contributed by atoms with Crippen molar-refractivity contribution >= 4 is 21.6 Å². The normalized spacial score (nSPS) is 16.4. The molecule has 1 N–H and O–H groups in total. The Morgan fingerprint density at radius 3 is 2.33 bits per heavy atom. The molecule has 1 aromatic rings. The lowest BCUT2D eigenvalue weighted by molar-refractivity contribution is -0.387. The second kappa shape index (κ2) is 9.25. The molecule has 0 saturated carbocycles. The molecule has 1 aliphatic heterocycles. The molecule has 0 radical (unpaired) electrons. The highest BCUT2D eigenvalue weighted by atomic mass is 32.2. The molecule has 1 heterocycles. The SMILES string of the molecule is CCC(CC)NC(=O)CN1CCN(S(=O)(=O)c2ccccc2[N+](=O)[O-])CC1. The number of para-hydroxylation sites is 1. The number of benzene rings is 1. The Kier molecular flexibility index (Phi) is 7.28. The Labute approximate surface area is 159 Å². The van der Waals surface area contributed by atoms with E-state index in [0.29, 0.717) is 13.1 Å². The predicted octanol–water partition coefficient (Wildman–Crippen LogP) is 1.21. The zero-order valence-electron chi connectivity index (χ0n) is 15.6. The minimum atomic E-state index is -3.95.